The number of esters is 1. The van der Waals surface area contributed by atoms with Gasteiger partial charge in [0.1, 0.15) is 0 Å². The average Bonchev–Trinajstić information content (AvgIpc) is 2.83. The van der Waals surface area contributed by atoms with Crippen LogP contribution in [0.15, 0.2) is 30.3 Å². The van der Waals surface area contributed by atoms with Crippen molar-refractivity contribution >= 4 is 34.8 Å². The van der Waals surface area contributed by atoms with Gasteiger partial charge in [-0.3, -0.25) is 4.79 Å². The zero-order valence-corrected chi connectivity index (χ0v) is 14.8. The molecule has 0 aliphatic heterocycles. The molecule has 0 aliphatic carbocycles. The van der Waals surface area contributed by atoms with Crippen LogP contribution in [0.3, 0.4) is 0 Å². The van der Waals surface area contributed by atoms with Gasteiger partial charge in [0, 0.05) is 14.8 Å². The first-order valence-corrected chi connectivity index (χ1v) is 8.35. The van der Waals surface area contributed by atoms with Crippen LogP contribution < -0.4 is 5.32 Å². The van der Waals surface area contributed by atoms with E-state index < -0.39 is 5.97 Å². The smallest absolute Gasteiger partial charge is 0.339 e. The Morgan fingerprint density at radius 2 is 2.04 bits per heavy atom. The minimum atomic E-state index is -0.475. The standard InChI is InChI=1S/C17H18ClNO3S/c1-10-7-15(12(3)23-10)17(21)22-9-16(20)19-11(2)13-5-4-6-14(18)8-13/h4-8,11H,9H2,1-3H3,(H,19,20)/t11-/m0/s1. The zero-order valence-electron chi connectivity index (χ0n) is 13.2. The van der Waals surface area contributed by atoms with E-state index in [4.69, 9.17) is 16.3 Å². The highest BCUT2D eigenvalue weighted by Gasteiger charge is 2.16. The molecule has 0 saturated carbocycles. The second-order valence-corrected chi connectivity index (χ2v) is 7.14. The molecule has 0 radical (unpaired) electrons. The Kier molecular flexibility index (Phi) is 5.80. The lowest BCUT2D eigenvalue weighted by molar-refractivity contribution is -0.124. The van der Waals surface area contributed by atoms with Crippen molar-refractivity contribution in [1.82, 2.24) is 5.32 Å². The van der Waals surface area contributed by atoms with E-state index in [1.54, 1.807) is 18.2 Å². The maximum Gasteiger partial charge on any atom is 0.339 e. The van der Waals surface area contributed by atoms with Crippen molar-refractivity contribution in [3.8, 4) is 0 Å². The number of carbonyl (C=O) groups is 2. The van der Waals surface area contributed by atoms with Crippen molar-refractivity contribution in [3.63, 3.8) is 0 Å². The summed E-state index contributed by atoms with van der Waals surface area (Å²) in [5, 5.41) is 3.39. The molecule has 2 rings (SSSR count). The van der Waals surface area contributed by atoms with Crippen LogP contribution in [-0.4, -0.2) is 18.5 Å². The molecule has 2 aromatic rings. The average molecular weight is 352 g/mol. The molecule has 0 bridgehead atoms. The molecule has 0 fully saturated rings. The van der Waals surface area contributed by atoms with Crippen LogP contribution in [0.1, 0.15) is 38.6 Å². The van der Waals surface area contributed by atoms with Crippen molar-refractivity contribution in [1.29, 1.82) is 0 Å². The van der Waals surface area contributed by atoms with Crippen LogP contribution >= 0.6 is 22.9 Å². The Bertz CT molecular complexity index is 726. The van der Waals surface area contributed by atoms with E-state index in [0.717, 1.165) is 15.3 Å². The Balaban J connectivity index is 1.87. The first-order valence-electron chi connectivity index (χ1n) is 7.16. The fourth-order valence-corrected chi connectivity index (χ4v) is 3.30. The second kappa shape index (κ2) is 7.62. The van der Waals surface area contributed by atoms with E-state index in [-0.39, 0.29) is 18.6 Å². The van der Waals surface area contributed by atoms with Gasteiger partial charge in [0.15, 0.2) is 6.61 Å². The van der Waals surface area contributed by atoms with Crippen LogP contribution in [0.2, 0.25) is 5.02 Å². The summed E-state index contributed by atoms with van der Waals surface area (Å²) in [4.78, 5) is 25.8. The largest absolute Gasteiger partial charge is 0.452 e. The number of amides is 1. The Labute approximate surface area is 144 Å². The number of hydrogen-bond donors (Lipinski definition) is 1. The summed E-state index contributed by atoms with van der Waals surface area (Å²) in [7, 11) is 0. The predicted octanol–water partition coefficient (Wildman–Crippen LogP) is 4.05. The predicted molar refractivity (Wildman–Crippen MR) is 92.1 cm³/mol. The van der Waals surface area contributed by atoms with Crippen LogP contribution in [0, 0.1) is 13.8 Å². The van der Waals surface area contributed by atoms with Gasteiger partial charge in [-0.2, -0.15) is 0 Å². The van der Waals surface area contributed by atoms with E-state index >= 15 is 0 Å². The summed E-state index contributed by atoms with van der Waals surface area (Å²) in [5.74, 6) is -0.826. The van der Waals surface area contributed by atoms with Crippen molar-refractivity contribution in [2.24, 2.45) is 0 Å². The van der Waals surface area contributed by atoms with Gasteiger partial charge in [-0.15, -0.1) is 11.3 Å². The SMILES string of the molecule is Cc1cc(C(=O)OCC(=O)N[C@@H](C)c2cccc(Cl)c2)c(C)s1. The number of ether oxygens (including phenoxy) is 1. The number of aryl methyl sites for hydroxylation is 2. The van der Waals surface area contributed by atoms with E-state index in [1.165, 1.54) is 11.3 Å². The molecule has 1 heterocycles. The van der Waals surface area contributed by atoms with Gasteiger partial charge in [0.05, 0.1) is 11.6 Å². The summed E-state index contributed by atoms with van der Waals surface area (Å²) < 4.78 is 5.07. The minimum absolute atomic E-state index is 0.218. The van der Waals surface area contributed by atoms with Gasteiger partial charge in [-0.25, -0.2) is 4.79 Å². The Morgan fingerprint density at radius 3 is 2.65 bits per heavy atom. The molecule has 0 spiro atoms. The molecule has 1 aromatic heterocycles. The lowest BCUT2D eigenvalue weighted by Crippen LogP contribution is -2.31. The molecule has 0 saturated heterocycles. The lowest BCUT2D eigenvalue weighted by Gasteiger charge is -2.14. The fraction of sp³-hybridized carbons (Fsp3) is 0.294. The molecule has 1 aromatic carbocycles. The molecule has 4 nitrogen and oxygen atoms in total. The number of rotatable bonds is 5. The summed E-state index contributed by atoms with van der Waals surface area (Å²) in [5.41, 5.74) is 1.41. The van der Waals surface area contributed by atoms with Gasteiger partial charge in [0.25, 0.3) is 5.91 Å². The maximum atomic E-state index is 12.0. The van der Waals surface area contributed by atoms with Crippen LogP contribution in [-0.2, 0) is 9.53 Å². The third-order valence-electron chi connectivity index (χ3n) is 3.32. The first kappa shape index (κ1) is 17.5. The van der Waals surface area contributed by atoms with Crippen molar-refractivity contribution < 1.29 is 14.3 Å². The normalized spacial score (nSPS) is 11.8. The quantitative estimate of drug-likeness (QED) is 0.827. The molecular weight excluding hydrogens is 334 g/mol. The van der Waals surface area contributed by atoms with Gasteiger partial charge in [-0.1, -0.05) is 23.7 Å². The lowest BCUT2D eigenvalue weighted by atomic mass is 10.1. The number of hydrogen-bond acceptors (Lipinski definition) is 4. The highest BCUT2D eigenvalue weighted by Crippen LogP contribution is 2.21. The molecule has 122 valence electrons. The summed E-state index contributed by atoms with van der Waals surface area (Å²) in [6.45, 7) is 5.32. The number of carbonyl (C=O) groups excluding carboxylic acids is 2. The van der Waals surface area contributed by atoms with Gasteiger partial charge in [-0.05, 0) is 44.5 Å². The Morgan fingerprint density at radius 1 is 1.30 bits per heavy atom. The minimum Gasteiger partial charge on any atom is -0.452 e. The van der Waals surface area contributed by atoms with E-state index in [1.807, 2.05) is 32.9 Å². The monoisotopic (exact) mass is 351 g/mol. The van der Waals surface area contributed by atoms with Crippen molar-refractivity contribution in [2.75, 3.05) is 6.61 Å². The van der Waals surface area contributed by atoms with Crippen molar-refractivity contribution in [3.05, 3.63) is 56.2 Å². The number of thiophene rings is 1. The van der Waals surface area contributed by atoms with Crippen LogP contribution in [0.5, 0.6) is 0 Å². The third kappa shape index (κ3) is 4.81. The molecule has 1 atom stereocenters. The van der Waals surface area contributed by atoms with Crippen LogP contribution in [0.25, 0.3) is 0 Å². The van der Waals surface area contributed by atoms with Gasteiger partial charge in [0.2, 0.25) is 0 Å². The van der Waals surface area contributed by atoms with E-state index in [2.05, 4.69) is 5.32 Å². The number of benzene rings is 1. The van der Waals surface area contributed by atoms with E-state index in [0.29, 0.717) is 10.6 Å². The molecule has 0 unspecified atom stereocenters. The zero-order chi connectivity index (χ0) is 17.0. The molecule has 1 N–H and O–H groups in total. The molecule has 6 heteroatoms. The molecular formula is C17H18ClNO3S. The van der Waals surface area contributed by atoms with Crippen LogP contribution in [0.4, 0.5) is 0 Å². The van der Waals surface area contributed by atoms with Gasteiger partial charge < -0.3 is 10.1 Å². The highest BCUT2D eigenvalue weighted by atomic mass is 35.5. The summed E-state index contributed by atoms with van der Waals surface area (Å²) >= 11 is 7.46. The van der Waals surface area contributed by atoms with Gasteiger partial charge >= 0.3 is 5.97 Å². The van der Waals surface area contributed by atoms with E-state index in [9.17, 15) is 9.59 Å². The molecule has 23 heavy (non-hydrogen) atoms. The molecule has 0 aliphatic rings. The second-order valence-electron chi connectivity index (χ2n) is 5.25. The highest BCUT2D eigenvalue weighted by molar-refractivity contribution is 7.12. The topological polar surface area (TPSA) is 55.4 Å². The first-order chi connectivity index (χ1) is 10.9. The van der Waals surface area contributed by atoms with Crippen molar-refractivity contribution in [2.45, 2.75) is 26.8 Å². The summed E-state index contributed by atoms with van der Waals surface area (Å²) in [6.07, 6.45) is 0. The number of halogens is 1. The summed E-state index contributed by atoms with van der Waals surface area (Å²) in [6, 6.07) is 8.81. The fourth-order valence-electron chi connectivity index (χ4n) is 2.18. The Hall–Kier alpha value is -1.85. The molecule has 1 amide bonds. The third-order valence-corrected chi connectivity index (χ3v) is 4.52. The number of nitrogens with one attached hydrogen (secondary N) is 1. The maximum absolute atomic E-state index is 12.0.